The molecule has 0 unspecified atom stereocenters. The van der Waals surface area contributed by atoms with Crippen LogP contribution in [0.2, 0.25) is 0 Å². The molecule has 4 heteroatoms. The Labute approximate surface area is 89.4 Å². The summed E-state index contributed by atoms with van der Waals surface area (Å²) in [7, 11) is 0. The van der Waals surface area contributed by atoms with Crippen LogP contribution in [-0.2, 0) is 41.9 Å². The van der Waals surface area contributed by atoms with E-state index in [1.165, 1.54) is 0 Å². The van der Waals surface area contributed by atoms with Gasteiger partial charge in [-0.2, -0.15) is 0 Å². The van der Waals surface area contributed by atoms with Crippen LogP contribution in [0.1, 0.15) is 0 Å². The van der Waals surface area contributed by atoms with Gasteiger partial charge in [0, 0.05) is 41.9 Å². The van der Waals surface area contributed by atoms with Crippen molar-refractivity contribution in [3.63, 3.8) is 0 Å². The molecule has 0 saturated heterocycles. The molecule has 0 aromatic rings. The molecule has 0 nitrogen and oxygen atoms in total. The Kier molecular flexibility index (Phi) is 116. The van der Waals surface area contributed by atoms with Gasteiger partial charge in [-0.05, 0) is 0 Å². The van der Waals surface area contributed by atoms with Crippen LogP contribution < -0.4 is 0 Å². The van der Waals surface area contributed by atoms with Crippen molar-refractivity contribution in [1.82, 2.24) is 0 Å². The summed E-state index contributed by atoms with van der Waals surface area (Å²) in [5.41, 5.74) is 0. The van der Waals surface area contributed by atoms with Gasteiger partial charge in [0.1, 0.15) is 0 Å². The van der Waals surface area contributed by atoms with Crippen molar-refractivity contribution in [1.29, 1.82) is 0 Å². The maximum atomic E-state index is 0. The van der Waals surface area contributed by atoms with E-state index >= 15 is 0 Å². The fourth-order valence-corrected chi connectivity index (χ4v) is 0. The van der Waals surface area contributed by atoms with E-state index in [4.69, 9.17) is 0 Å². The minimum absolute atomic E-state index is 0. The standard InChI is InChI=1S/Ag.Bi.Mg.Zn.5H. The normalized spacial score (nSPS) is 0. The van der Waals surface area contributed by atoms with E-state index in [0.717, 1.165) is 0 Å². The van der Waals surface area contributed by atoms with Crippen LogP contribution >= 0.6 is 0 Å². The van der Waals surface area contributed by atoms with E-state index in [0.29, 0.717) is 0 Å². The van der Waals surface area contributed by atoms with Gasteiger partial charge in [0.2, 0.25) is 0 Å². The second-order valence-electron chi connectivity index (χ2n) is 0. The molecule has 0 amide bonds. The Hall–Kier alpha value is 3.01. The summed E-state index contributed by atoms with van der Waals surface area (Å²) in [6.07, 6.45) is 0. The molecule has 0 aliphatic carbocycles. The molecule has 0 rings (SSSR count). The molecule has 0 bridgehead atoms. The molecule has 0 spiro atoms. The number of rotatable bonds is 0. The fourth-order valence-electron chi connectivity index (χ4n) is 0. The van der Waals surface area contributed by atoms with Crippen LogP contribution in [0.4, 0.5) is 0 Å². The molecule has 25 valence electrons. The van der Waals surface area contributed by atoms with Gasteiger partial charge in [0.25, 0.3) is 0 Å². The zero-order valence-electron chi connectivity index (χ0n) is 1.72. The van der Waals surface area contributed by atoms with Gasteiger partial charge in [-0.25, -0.2) is 0 Å². The molecular weight excluding hydrogens is 407 g/mol. The summed E-state index contributed by atoms with van der Waals surface area (Å²) in [5, 5.41) is 0. The van der Waals surface area contributed by atoms with Gasteiger partial charge in [-0.15, -0.1) is 0 Å². The molecule has 0 heterocycles. The fraction of sp³-hybridized carbons (Fsp3) is 0. The van der Waals surface area contributed by atoms with Crippen LogP contribution in [-0.4, -0.2) is 49.3 Å². The zero-order chi connectivity index (χ0) is 0. The van der Waals surface area contributed by atoms with Gasteiger partial charge in [0.15, 0.2) is 0 Å². The molecule has 1 radical (unpaired) electrons. The second kappa shape index (κ2) is 16.6. The Morgan fingerprint density at radius 2 is 1.00 bits per heavy atom. The van der Waals surface area contributed by atoms with Gasteiger partial charge >= 0.3 is 49.3 Å². The molecule has 4 heavy (non-hydrogen) atoms. The third-order valence-corrected chi connectivity index (χ3v) is 0. The van der Waals surface area contributed by atoms with Crippen LogP contribution in [0.25, 0.3) is 0 Å². The summed E-state index contributed by atoms with van der Waals surface area (Å²) in [6.45, 7) is 0. The van der Waals surface area contributed by atoms with Gasteiger partial charge in [0.05, 0.1) is 0 Å². The summed E-state index contributed by atoms with van der Waals surface area (Å²) >= 11 is 0. The summed E-state index contributed by atoms with van der Waals surface area (Å²) in [6, 6.07) is 0. The van der Waals surface area contributed by atoms with E-state index < -0.39 is 0 Å². The third-order valence-electron chi connectivity index (χ3n) is 0. The van der Waals surface area contributed by atoms with E-state index in [-0.39, 0.29) is 91.1 Å². The minimum Gasteiger partial charge on any atom is 0 e. The van der Waals surface area contributed by atoms with Crippen LogP contribution in [0.15, 0.2) is 0 Å². The molecule has 0 aromatic heterocycles. The Balaban J connectivity index is 0. The molecule has 0 fully saturated rings. The average Bonchev–Trinajstić information content (AvgIpc) is 0. The molecule has 0 atom stereocenters. The zero-order valence-corrected chi connectivity index (χ0v) is 11.7. The molecule has 0 saturated carbocycles. The maximum Gasteiger partial charge on any atom is 0.316 e. The average molecular weight is 412 g/mol. The Morgan fingerprint density at radius 1 is 1.00 bits per heavy atom. The Bertz CT molecular complexity index is 8.00. The quantitative estimate of drug-likeness (QED) is 0.401. The minimum atomic E-state index is 0. The van der Waals surface area contributed by atoms with Crippen LogP contribution in [0.5, 0.6) is 0 Å². The predicted molar refractivity (Wildman–Crippen MR) is 18.5 cm³/mol. The number of hydrogen-bond donors (Lipinski definition) is 0. The van der Waals surface area contributed by atoms with Crippen molar-refractivity contribution in [2.75, 3.05) is 0 Å². The monoisotopic (exact) mass is 409 g/mol. The topological polar surface area (TPSA) is 0 Å². The van der Waals surface area contributed by atoms with Gasteiger partial charge in [-0.3, -0.25) is 0 Å². The first kappa shape index (κ1) is 27.9. The predicted octanol–water partition coefficient (Wildman–Crippen LogP) is -2.11. The van der Waals surface area contributed by atoms with Gasteiger partial charge < -0.3 is 0 Å². The molecular formula is H5AgBiMgZn. The van der Waals surface area contributed by atoms with E-state index in [1.807, 2.05) is 0 Å². The molecule has 0 aliphatic heterocycles. The van der Waals surface area contributed by atoms with Crippen molar-refractivity contribution in [3.8, 4) is 0 Å². The van der Waals surface area contributed by atoms with Gasteiger partial charge in [-0.1, -0.05) is 0 Å². The first-order valence-electron chi connectivity index (χ1n) is 0. The maximum absolute atomic E-state index is 0. The summed E-state index contributed by atoms with van der Waals surface area (Å²) in [4.78, 5) is 0. The van der Waals surface area contributed by atoms with Crippen molar-refractivity contribution >= 4 is 49.3 Å². The summed E-state index contributed by atoms with van der Waals surface area (Å²) in [5.74, 6) is 0. The summed E-state index contributed by atoms with van der Waals surface area (Å²) < 4.78 is 0. The van der Waals surface area contributed by atoms with Crippen molar-refractivity contribution in [2.24, 2.45) is 0 Å². The van der Waals surface area contributed by atoms with Crippen molar-refractivity contribution in [2.45, 2.75) is 0 Å². The molecule has 0 aromatic carbocycles. The van der Waals surface area contributed by atoms with E-state index in [9.17, 15) is 0 Å². The second-order valence-corrected chi connectivity index (χ2v) is 0. The van der Waals surface area contributed by atoms with Crippen molar-refractivity contribution < 1.29 is 41.9 Å². The van der Waals surface area contributed by atoms with Crippen LogP contribution in [0.3, 0.4) is 0 Å². The van der Waals surface area contributed by atoms with Crippen molar-refractivity contribution in [3.05, 3.63) is 0 Å². The molecule has 0 N–H and O–H groups in total. The van der Waals surface area contributed by atoms with Crippen LogP contribution in [0, 0.1) is 0 Å². The first-order valence-corrected chi connectivity index (χ1v) is 0. The van der Waals surface area contributed by atoms with E-state index in [2.05, 4.69) is 0 Å². The Morgan fingerprint density at radius 3 is 1.00 bits per heavy atom. The SMILES string of the molecule is [Ag].[BiH3].[MgH2].[Zn]. The molecule has 0 aliphatic rings. The number of hydrogen-bond acceptors (Lipinski definition) is 0. The largest absolute Gasteiger partial charge is 0.316 e. The first-order chi connectivity index (χ1) is 0. The smallest absolute Gasteiger partial charge is 0 e. The third kappa shape index (κ3) is 8.89. The van der Waals surface area contributed by atoms with E-state index in [1.54, 1.807) is 0 Å².